The number of alkyl halides is 1. The Morgan fingerprint density at radius 3 is 2.93 bits per heavy atom. The van der Waals surface area contributed by atoms with Crippen LogP contribution in [0.4, 0.5) is 0 Å². The van der Waals surface area contributed by atoms with E-state index in [9.17, 15) is 4.79 Å². The molecule has 0 atom stereocenters. The second-order valence-electron chi connectivity index (χ2n) is 2.36. The molecule has 0 amide bonds. The summed E-state index contributed by atoms with van der Waals surface area (Å²) in [4.78, 5) is 15.0. The molecule has 4 heteroatoms. The van der Waals surface area contributed by atoms with E-state index in [-0.39, 0.29) is 5.88 Å². The first-order valence-corrected chi connectivity index (χ1v) is 4.40. The van der Waals surface area contributed by atoms with Gasteiger partial charge in [-0.3, -0.25) is 0 Å². The molecule has 0 aliphatic carbocycles. The third-order valence-electron chi connectivity index (χ3n) is 1.47. The molecule has 0 N–H and O–H groups in total. The topological polar surface area (TPSA) is 39.2 Å². The fourth-order valence-corrected chi connectivity index (χ4v) is 0.897. The van der Waals surface area contributed by atoms with Crippen molar-refractivity contribution in [2.75, 3.05) is 13.0 Å². The van der Waals surface area contributed by atoms with E-state index < -0.39 is 5.97 Å². The third-order valence-corrected chi connectivity index (χ3v) is 1.60. The highest BCUT2D eigenvalue weighted by Crippen LogP contribution is 2.00. The van der Waals surface area contributed by atoms with Crippen molar-refractivity contribution in [2.24, 2.45) is 0 Å². The summed E-state index contributed by atoms with van der Waals surface area (Å²) in [5.74, 6) is 5.25. The summed E-state index contributed by atoms with van der Waals surface area (Å²) in [7, 11) is 1.32. The molecule has 0 unspecified atom stereocenters. The normalized spacial score (nSPS) is 8.71. The van der Waals surface area contributed by atoms with Gasteiger partial charge in [0, 0.05) is 6.20 Å². The summed E-state index contributed by atoms with van der Waals surface area (Å²) in [6.07, 6.45) is 1.42. The van der Waals surface area contributed by atoms with Crippen LogP contribution in [0.5, 0.6) is 0 Å². The number of aromatic nitrogens is 1. The molecule has 72 valence electrons. The van der Waals surface area contributed by atoms with Gasteiger partial charge in [0.25, 0.3) is 0 Å². The molecule has 14 heavy (non-hydrogen) atoms. The van der Waals surface area contributed by atoms with E-state index in [0.29, 0.717) is 11.3 Å². The summed E-state index contributed by atoms with van der Waals surface area (Å²) in [6, 6.07) is 3.25. The van der Waals surface area contributed by atoms with Crippen LogP contribution in [0, 0.1) is 11.8 Å². The highest BCUT2D eigenvalue weighted by molar-refractivity contribution is 6.19. The van der Waals surface area contributed by atoms with Crippen molar-refractivity contribution in [3.63, 3.8) is 0 Å². The van der Waals surface area contributed by atoms with Gasteiger partial charge in [-0.25, -0.2) is 9.78 Å². The van der Waals surface area contributed by atoms with Crippen molar-refractivity contribution in [1.29, 1.82) is 0 Å². The molecule has 0 aliphatic heterocycles. The van der Waals surface area contributed by atoms with Gasteiger partial charge >= 0.3 is 5.97 Å². The maximum absolute atomic E-state index is 11.0. The number of hydrogen-bond donors (Lipinski definition) is 0. The molecular formula is C10H8ClNO2. The first-order chi connectivity index (χ1) is 6.77. The molecule has 0 fully saturated rings. The first kappa shape index (κ1) is 10.6. The summed E-state index contributed by atoms with van der Waals surface area (Å²) >= 11 is 5.38. The fourth-order valence-electron chi connectivity index (χ4n) is 0.830. The van der Waals surface area contributed by atoms with Crippen molar-refractivity contribution < 1.29 is 9.53 Å². The number of pyridine rings is 1. The van der Waals surface area contributed by atoms with Crippen LogP contribution < -0.4 is 0 Å². The molecule has 0 radical (unpaired) electrons. The predicted molar refractivity (Wildman–Crippen MR) is 53.2 cm³/mol. The maximum atomic E-state index is 11.0. The molecule has 3 nitrogen and oxygen atoms in total. The molecule has 0 aromatic carbocycles. The van der Waals surface area contributed by atoms with E-state index in [1.54, 1.807) is 12.1 Å². The molecule has 0 saturated heterocycles. The van der Waals surface area contributed by atoms with Crippen molar-refractivity contribution in [2.45, 2.75) is 0 Å². The van der Waals surface area contributed by atoms with Crippen molar-refractivity contribution >= 4 is 17.6 Å². The summed E-state index contributed by atoms with van der Waals surface area (Å²) in [5, 5.41) is 0. The lowest BCUT2D eigenvalue weighted by Crippen LogP contribution is -2.01. The van der Waals surface area contributed by atoms with Crippen molar-refractivity contribution in [3.05, 3.63) is 29.6 Å². The van der Waals surface area contributed by atoms with E-state index in [2.05, 4.69) is 21.6 Å². The first-order valence-electron chi connectivity index (χ1n) is 3.87. The Hall–Kier alpha value is -1.53. The number of carbonyl (C=O) groups excluding carboxylic acids is 1. The van der Waals surface area contributed by atoms with Gasteiger partial charge in [-0.1, -0.05) is 5.92 Å². The Bertz CT molecular complexity index is 375. The molecule has 1 aromatic rings. The highest BCUT2D eigenvalue weighted by atomic mass is 35.5. The zero-order chi connectivity index (χ0) is 10.4. The number of nitrogens with zero attached hydrogens (tertiary/aromatic N) is 1. The molecule has 1 rings (SSSR count). The molecule has 0 bridgehead atoms. The predicted octanol–water partition coefficient (Wildman–Crippen LogP) is 1.46. The Morgan fingerprint density at radius 1 is 1.64 bits per heavy atom. The standard InChI is InChI=1S/C10H8ClNO2/c1-14-10(13)8-4-5-9(12-7-8)3-2-6-11/h4-5,7H,6H2,1H3. The van der Waals surface area contributed by atoms with Crippen LogP contribution in [0.25, 0.3) is 0 Å². The van der Waals surface area contributed by atoms with Crippen LogP contribution in [-0.2, 0) is 4.74 Å². The largest absolute Gasteiger partial charge is 0.465 e. The molecule has 1 aromatic heterocycles. The molecule has 0 saturated carbocycles. The Labute approximate surface area is 87.1 Å². The number of esters is 1. The van der Waals surface area contributed by atoms with Gasteiger partial charge in [-0.15, -0.1) is 11.6 Å². The average molecular weight is 210 g/mol. The zero-order valence-electron chi connectivity index (χ0n) is 7.58. The van der Waals surface area contributed by atoms with Gasteiger partial charge in [0.2, 0.25) is 0 Å². The van der Waals surface area contributed by atoms with Crippen molar-refractivity contribution in [3.8, 4) is 11.8 Å². The summed E-state index contributed by atoms with van der Waals surface area (Å²) in [6.45, 7) is 0. The number of methoxy groups -OCH3 is 1. The second-order valence-corrected chi connectivity index (χ2v) is 2.63. The van der Waals surface area contributed by atoms with Crippen LogP contribution in [-0.4, -0.2) is 23.9 Å². The number of hydrogen-bond acceptors (Lipinski definition) is 3. The third kappa shape index (κ3) is 2.75. The fraction of sp³-hybridized carbons (Fsp3) is 0.200. The van der Waals surface area contributed by atoms with Crippen molar-refractivity contribution in [1.82, 2.24) is 4.98 Å². The summed E-state index contributed by atoms with van der Waals surface area (Å²) < 4.78 is 4.52. The summed E-state index contributed by atoms with van der Waals surface area (Å²) in [5.41, 5.74) is 0.988. The minimum absolute atomic E-state index is 0.264. The van der Waals surface area contributed by atoms with Crippen LogP contribution in [0.1, 0.15) is 16.1 Å². The van der Waals surface area contributed by atoms with E-state index in [0.717, 1.165) is 0 Å². The maximum Gasteiger partial charge on any atom is 0.339 e. The molecule has 0 aliphatic rings. The van der Waals surface area contributed by atoms with Crippen LogP contribution in [0.3, 0.4) is 0 Å². The number of ether oxygens (including phenoxy) is 1. The quantitative estimate of drug-likeness (QED) is 0.399. The minimum Gasteiger partial charge on any atom is -0.465 e. The lowest BCUT2D eigenvalue weighted by molar-refractivity contribution is 0.0600. The Balaban J connectivity index is 2.83. The molecular weight excluding hydrogens is 202 g/mol. The molecule has 1 heterocycles. The number of halogens is 1. The van der Waals surface area contributed by atoms with Gasteiger partial charge in [0.15, 0.2) is 0 Å². The van der Waals surface area contributed by atoms with Gasteiger partial charge in [0.1, 0.15) is 5.69 Å². The monoisotopic (exact) mass is 209 g/mol. The van der Waals surface area contributed by atoms with E-state index in [1.165, 1.54) is 13.3 Å². The van der Waals surface area contributed by atoms with Crippen LogP contribution in [0.2, 0.25) is 0 Å². The van der Waals surface area contributed by atoms with Crippen LogP contribution >= 0.6 is 11.6 Å². The van der Waals surface area contributed by atoms with Gasteiger partial charge in [0.05, 0.1) is 18.6 Å². The second kappa shape index (κ2) is 5.25. The zero-order valence-corrected chi connectivity index (χ0v) is 8.34. The Morgan fingerprint density at radius 2 is 2.43 bits per heavy atom. The number of carbonyl (C=O) groups is 1. The SMILES string of the molecule is COC(=O)c1ccc(C#CCCl)nc1. The molecule has 0 spiro atoms. The lowest BCUT2D eigenvalue weighted by atomic mass is 10.2. The Kier molecular flexibility index (Phi) is 3.96. The highest BCUT2D eigenvalue weighted by Gasteiger charge is 2.03. The van der Waals surface area contributed by atoms with Crippen LogP contribution in [0.15, 0.2) is 18.3 Å². The van der Waals surface area contributed by atoms with E-state index in [4.69, 9.17) is 11.6 Å². The van der Waals surface area contributed by atoms with Gasteiger partial charge in [-0.05, 0) is 18.1 Å². The minimum atomic E-state index is -0.408. The van der Waals surface area contributed by atoms with Gasteiger partial charge < -0.3 is 4.74 Å². The van der Waals surface area contributed by atoms with Gasteiger partial charge in [-0.2, -0.15) is 0 Å². The lowest BCUT2D eigenvalue weighted by Gasteiger charge is -1.97. The smallest absolute Gasteiger partial charge is 0.339 e. The van der Waals surface area contributed by atoms with E-state index in [1.807, 2.05) is 0 Å². The van der Waals surface area contributed by atoms with E-state index >= 15 is 0 Å². The number of rotatable bonds is 1. The average Bonchev–Trinajstić information content (AvgIpc) is 2.26.